The van der Waals surface area contributed by atoms with Crippen LogP contribution < -0.4 is 0 Å². The van der Waals surface area contributed by atoms with Gasteiger partial charge in [0.2, 0.25) is 0 Å². The highest BCUT2D eigenvalue weighted by molar-refractivity contribution is 7.81. The summed E-state index contributed by atoms with van der Waals surface area (Å²) >= 11 is 5.01. The molecule has 1 heteroatoms. The monoisotopic (exact) mass is 402 g/mol. The molecule has 8 atom stereocenters. The smallest absolute Gasteiger partial charge is 0.0231 e. The van der Waals surface area contributed by atoms with Gasteiger partial charge in [0.05, 0.1) is 0 Å². The highest BCUT2D eigenvalue weighted by Gasteiger charge is 2.59. The standard InChI is InChI=1S/C27H46S/c1-18(2)8-6-9-19(3)21-13-14-22-20-11-12-24-25(28)10-7-16-26(24,4)23(20)15-17-27(21,22)5/h12,18-23,25,28H,6-11,13-17H2,1-5H3/t19-,20+,21-,22+,23+,25?,26-,27-/m1/s1. The van der Waals surface area contributed by atoms with Gasteiger partial charge in [-0.25, -0.2) is 0 Å². The SMILES string of the molecule is CC(C)CCC[C@@H](C)[C@H]1CC[C@H]2[C@@H]3CC=C4C(S)CCC[C@]4(C)[C@H]3CC[C@]12C. The van der Waals surface area contributed by atoms with Gasteiger partial charge < -0.3 is 0 Å². The van der Waals surface area contributed by atoms with Gasteiger partial charge in [-0.15, -0.1) is 0 Å². The lowest BCUT2D eigenvalue weighted by molar-refractivity contribution is -0.0496. The first kappa shape index (κ1) is 21.3. The zero-order chi connectivity index (χ0) is 20.1. The fraction of sp³-hybridized carbons (Fsp3) is 0.926. The maximum atomic E-state index is 5.01. The number of hydrogen-bond acceptors (Lipinski definition) is 1. The Bertz CT molecular complexity index is 591. The molecule has 0 aromatic heterocycles. The quantitative estimate of drug-likeness (QED) is 0.347. The third-order valence-electron chi connectivity index (χ3n) is 10.3. The average molecular weight is 403 g/mol. The van der Waals surface area contributed by atoms with E-state index < -0.39 is 0 Å². The molecule has 4 aliphatic carbocycles. The van der Waals surface area contributed by atoms with Crippen molar-refractivity contribution in [2.24, 2.45) is 46.3 Å². The van der Waals surface area contributed by atoms with Gasteiger partial charge in [0.1, 0.15) is 0 Å². The van der Waals surface area contributed by atoms with Gasteiger partial charge >= 0.3 is 0 Å². The van der Waals surface area contributed by atoms with E-state index in [0.29, 0.717) is 16.1 Å². The van der Waals surface area contributed by atoms with E-state index in [4.69, 9.17) is 12.6 Å². The van der Waals surface area contributed by atoms with Gasteiger partial charge in [0.15, 0.2) is 0 Å². The molecule has 4 rings (SSSR count). The molecule has 0 N–H and O–H groups in total. The lowest BCUT2D eigenvalue weighted by Gasteiger charge is -2.58. The first-order valence-corrected chi connectivity index (χ1v) is 13.2. The van der Waals surface area contributed by atoms with Crippen molar-refractivity contribution < 1.29 is 0 Å². The number of rotatable bonds is 5. The van der Waals surface area contributed by atoms with Crippen molar-refractivity contribution in [2.75, 3.05) is 0 Å². The largest absolute Gasteiger partial charge is 0.171 e. The molecular formula is C27H46S. The summed E-state index contributed by atoms with van der Waals surface area (Å²) in [6, 6.07) is 0. The molecule has 0 saturated heterocycles. The topological polar surface area (TPSA) is 0 Å². The summed E-state index contributed by atoms with van der Waals surface area (Å²) in [5.74, 6) is 5.65. The Morgan fingerprint density at radius 1 is 1.00 bits per heavy atom. The van der Waals surface area contributed by atoms with Gasteiger partial charge in [-0.1, -0.05) is 72.0 Å². The highest BCUT2D eigenvalue weighted by atomic mass is 32.1. The summed E-state index contributed by atoms with van der Waals surface area (Å²) in [5.41, 5.74) is 2.83. The Hall–Kier alpha value is 0.0900. The second-order valence-electron chi connectivity index (χ2n) is 12.1. The molecule has 0 amide bonds. The lowest BCUT2D eigenvalue weighted by Crippen LogP contribution is -2.51. The van der Waals surface area contributed by atoms with Crippen LogP contribution in [0.15, 0.2) is 11.6 Å². The van der Waals surface area contributed by atoms with Crippen LogP contribution in [0.25, 0.3) is 0 Å². The molecule has 3 fully saturated rings. The van der Waals surface area contributed by atoms with E-state index in [2.05, 4.69) is 40.7 Å². The van der Waals surface area contributed by atoms with Crippen molar-refractivity contribution in [3.8, 4) is 0 Å². The van der Waals surface area contributed by atoms with E-state index in [0.717, 1.165) is 35.5 Å². The van der Waals surface area contributed by atoms with E-state index >= 15 is 0 Å². The molecule has 0 bridgehead atoms. The van der Waals surface area contributed by atoms with Crippen molar-refractivity contribution in [3.05, 3.63) is 11.6 Å². The third-order valence-corrected chi connectivity index (χ3v) is 10.8. The zero-order valence-electron chi connectivity index (χ0n) is 19.3. The fourth-order valence-corrected chi connectivity index (χ4v) is 9.39. The predicted octanol–water partition coefficient (Wildman–Crippen LogP) is 8.33. The van der Waals surface area contributed by atoms with Crippen molar-refractivity contribution in [1.82, 2.24) is 0 Å². The molecule has 4 aliphatic rings. The third kappa shape index (κ3) is 3.44. The van der Waals surface area contributed by atoms with Crippen LogP contribution in [-0.4, -0.2) is 5.25 Å². The number of hydrogen-bond donors (Lipinski definition) is 1. The van der Waals surface area contributed by atoms with Gasteiger partial charge in [0, 0.05) is 5.25 Å². The summed E-state index contributed by atoms with van der Waals surface area (Å²) in [4.78, 5) is 0. The van der Waals surface area contributed by atoms with Crippen LogP contribution >= 0.6 is 12.6 Å². The first-order chi connectivity index (χ1) is 13.3. The Balaban J connectivity index is 1.50. The van der Waals surface area contributed by atoms with Crippen LogP contribution in [0.3, 0.4) is 0 Å². The molecule has 0 aromatic carbocycles. The summed E-state index contributed by atoms with van der Waals surface area (Å²) in [5, 5.41) is 0.547. The lowest BCUT2D eigenvalue weighted by atomic mass is 9.47. The zero-order valence-corrected chi connectivity index (χ0v) is 20.2. The van der Waals surface area contributed by atoms with E-state index in [1.807, 2.05) is 0 Å². The van der Waals surface area contributed by atoms with Crippen molar-refractivity contribution in [1.29, 1.82) is 0 Å². The second kappa shape index (κ2) is 7.97. The van der Waals surface area contributed by atoms with Gasteiger partial charge in [0.25, 0.3) is 0 Å². The van der Waals surface area contributed by atoms with Crippen molar-refractivity contribution in [2.45, 2.75) is 110 Å². The Morgan fingerprint density at radius 2 is 1.79 bits per heavy atom. The first-order valence-electron chi connectivity index (χ1n) is 12.7. The number of fused-ring (bicyclic) bond motifs is 5. The fourth-order valence-electron chi connectivity index (χ4n) is 8.81. The molecule has 0 aromatic rings. The number of thiol groups is 1. The normalized spacial score (nSPS) is 46.5. The average Bonchev–Trinajstić information content (AvgIpc) is 2.98. The molecule has 28 heavy (non-hydrogen) atoms. The van der Waals surface area contributed by atoms with Gasteiger partial charge in [-0.05, 0) is 91.3 Å². The molecular weight excluding hydrogens is 356 g/mol. The minimum absolute atomic E-state index is 0.468. The summed E-state index contributed by atoms with van der Waals surface area (Å²) in [6.07, 6.45) is 18.5. The minimum atomic E-state index is 0.468. The van der Waals surface area contributed by atoms with Crippen molar-refractivity contribution >= 4 is 12.6 Å². The minimum Gasteiger partial charge on any atom is -0.171 e. The molecule has 0 nitrogen and oxygen atoms in total. The predicted molar refractivity (Wildman–Crippen MR) is 126 cm³/mol. The molecule has 0 spiro atoms. The van der Waals surface area contributed by atoms with E-state index in [-0.39, 0.29) is 0 Å². The van der Waals surface area contributed by atoms with Crippen LogP contribution in [0.2, 0.25) is 0 Å². The summed E-state index contributed by atoms with van der Waals surface area (Å²) < 4.78 is 0. The van der Waals surface area contributed by atoms with Gasteiger partial charge in [-0.2, -0.15) is 12.6 Å². The maximum Gasteiger partial charge on any atom is 0.0231 e. The van der Waals surface area contributed by atoms with Crippen LogP contribution in [-0.2, 0) is 0 Å². The second-order valence-corrected chi connectivity index (χ2v) is 12.8. The molecule has 0 radical (unpaired) electrons. The van der Waals surface area contributed by atoms with Crippen LogP contribution in [0.5, 0.6) is 0 Å². The maximum absolute atomic E-state index is 5.01. The van der Waals surface area contributed by atoms with Crippen LogP contribution in [0, 0.1) is 46.3 Å². The van der Waals surface area contributed by atoms with E-state index in [1.165, 1.54) is 70.6 Å². The highest BCUT2D eigenvalue weighted by Crippen LogP contribution is 2.67. The molecule has 0 heterocycles. The molecule has 0 aliphatic heterocycles. The molecule has 160 valence electrons. The van der Waals surface area contributed by atoms with Crippen LogP contribution in [0.1, 0.15) is 105 Å². The molecule has 1 unspecified atom stereocenters. The summed E-state index contributed by atoms with van der Waals surface area (Å²) in [6.45, 7) is 12.7. The van der Waals surface area contributed by atoms with E-state index in [9.17, 15) is 0 Å². The Kier molecular flexibility index (Phi) is 6.07. The van der Waals surface area contributed by atoms with Gasteiger partial charge in [-0.3, -0.25) is 0 Å². The van der Waals surface area contributed by atoms with Crippen molar-refractivity contribution in [3.63, 3.8) is 0 Å². The Morgan fingerprint density at radius 3 is 2.54 bits per heavy atom. The van der Waals surface area contributed by atoms with E-state index in [1.54, 1.807) is 5.57 Å². The Labute approximate surface area is 181 Å². The molecule has 3 saturated carbocycles. The van der Waals surface area contributed by atoms with Crippen LogP contribution in [0.4, 0.5) is 0 Å². The summed E-state index contributed by atoms with van der Waals surface area (Å²) in [7, 11) is 0. The number of allylic oxidation sites excluding steroid dienone is 1.